The Morgan fingerprint density at radius 3 is 3.00 bits per heavy atom. The Labute approximate surface area is 187 Å². The van der Waals surface area contributed by atoms with E-state index in [2.05, 4.69) is 15.6 Å². The minimum atomic E-state index is -0.447. The summed E-state index contributed by atoms with van der Waals surface area (Å²) in [4.78, 5) is 26.8. The summed E-state index contributed by atoms with van der Waals surface area (Å²) in [5.74, 6) is 1.11. The van der Waals surface area contributed by atoms with Crippen molar-refractivity contribution in [3.8, 4) is 5.75 Å². The average Bonchev–Trinajstić information content (AvgIpc) is 3.59. The highest BCUT2D eigenvalue weighted by atomic mass is 16.5. The number of amides is 2. The molecule has 170 valence electrons. The van der Waals surface area contributed by atoms with E-state index in [-0.39, 0.29) is 17.7 Å². The van der Waals surface area contributed by atoms with Crippen molar-refractivity contribution in [3.05, 3.63) is 41.2 Å². The predicted molar refractivity (Wildman–Crippen MR) is 115 cm³/mol. The van der Waals surface area contributed by atoms with Gasteiger partial charge in [-0.1, -0.05) is 17.3 Å². The van der Waals surface area contributed by atoms with Crippen LogP contribution in [0.3, 0.4) is 0 Å². The van der Waals surface area contributed by atoms with Crippen molar-refractivity contribution < 1.29 is 19.1 Å². The van der Waals surface area contributed by atoms with E-state index in [4.69, 9.17) is 9.47 Å². The molecule has 1 aromatic carbocycles. The van der Waals surface area contributed by atoms with Crippen LogP contribution in [0.25, 0.3) is 0 Å². The van der Waals surface area contributed by atoms with Crippen LogP contribution < -0.4 is 10.1 Å². The summed E-state index contributed by atoms with van der Waals surface area (Å²) in [6.45, 7) is 2.61. The second-order valence-electron chi connectivity index (χ2n) is 9.05. The monoisotopic (exact) mass is 439 g/mol. The van der Waals surface area contributed by atoms with Crippen LogP contribution >= 0.6 is 0 Å². The molecule has 2 aliphatic heterocycles. The number of hydrogen-bond donors (Lipinski definition) is 1. The first kappa shape index (κ1) is 20.9. The molecule has 1 atom stereocenters. The number of nitrogens with one attached hydrogen (secondary N) is 1. The van der Waals surface area contributed by atoms with Crippen molar-refractivity contribution in [2.45, 2.75) is 57.4 Å². The molecule has 1 unspecified atom stereocenters. The number of piperidine rings is 1. The van der Waals surface area contributed by atoms with Crippen LogP contribution in [-0.4, -0.2) is 57.5 Å². The van der Waals surface area contributed by atoms with Crippen molar-refractivity contribution in [2.24, 2.45) is 5.92 Å². The van der Waals surface area contributed by atoms with Gasteiger partial charge in [0.2, 0.25) is 11.8 Å². The lowest BCUT2D eigenvalue weighted by Gasteiger charge is -2.44. The number of hydrogen-bond acceptors (Lipinski definition) is 6. The van der Waals surface area contributed by atoms with Gasteiger partial charge in [0.25, 0.3) is 0 Å². The lowest BCUT2D eigenvalue weighted by atomic mass is 9.91. The molecule has 1 aliphatic carbocycles. The summed E-state index contributed by atoms with van der Waals surface area (Å²) < 4.78 is 13.5. The van der Waals surface area contributed by atoms with E-state index in [9.17, 15) is 9.59 Å². The molecule has 1 N–H and O–H groups in total. The van der Waals surface area contributed by atoms with Crippen LogP contribution in [0.1, 0.15) is 42.6 Å². The number of rotatable bonds is 6. The van der Waals surface area contributed by atoms with E-state index in [0.717, 1.165) is 54.9 Å². The third-order valence-corrected chi connectivity index (χ3v) is 6.63. The number of fused-ring (bicyclic) bond motifs is 1. The normalized spacial score (nSPS) is 22.5. The van der Waals surface area contributed by atoms with E-state index in [1.54, 1.807) is 7.11 Å². The Morgan fingerprint density at radius 1 is 1.31 bits per heavy atom. The Bertz CT molecular complexity index is 1020. The van der Waals surface area contributed by atoms with Crippen LogP contribution in [0.5, 0.6) is 5.75 Å². The first-order valence-corrected chi connectivity index (χ1v) is 11.3. The highest BCUT2D eigenvalue weighted by Crippen LogP contribution is 2.33. The molecule has 0 radical (unpaired) electrons. The lowest BCUT2D eigenvalue weighted by molar-refractivity contribution is -0.152. The highest BCUT2D eigenvalue weighted by molar-refractivity contribution is 5.80. The van der Waals surface area contributed by atoms with Gasteiger partial charge in [0.1, 0.15) is 17.0 Å². The maximum absolute atomic E-state index is 13.0. The fraction of sp³-hybridized carbons (Fsp3) is 0.565. The van der Waals surface area contributed by atoms with E-state index in [1.165, 1.54) is 0 Å². The summed E-state index contributed by atoms with van der Waals surface area (Å²) in [5, 5.41) is 11.5. The molecule has 1 aromatic heterocycles. The second kappa shape index (κ2) is 8.54. The predicted octanol–water partition coefficient (Wildman–Crippen LogP) is 1.45. The van der Waals surface area contributed by atoms with Crippen molar-refractivity contribution >= 4 is 11.8 Å². The number of ether oxygens (including phenoxy) is 2. The number of benzene rings is 1. The zero-order valence-corrected chi connectivity index (χ0v) is 18.4. The SMILES string of the molecule is COc1cccc(CC(=O)N2CCCC3(C2)Cn2nnc(CNC(=O)C4CC4)c2CO3)c1. The Morgan fingerprint density at radius 2 is 2.19 bits per heavy atom. The molecule has 0 bridgehead atoms. The van der Waals surface area contributed by atoms with Crippen molar-refractivity contribution in [1.29, 1.82) is 0 Å². The molecule has 9 heteroatoms. The molecule has 2 aromatic rings. The van der Waals surface area contributed by atoms with Gasteiger partial charge in [-0.3, -0.25) is 9.59 Å². The van der Waals surface area contributed by atoms with Gasteiger partial charge in [-0.2, -0.15) is 0 Å². The van der Waals surface area contributed by atoms with Crippen molar-refractivity contribution in [1.82, 2.24) is 25.2 Å². The molecule has 32 heavy (non-hydrogen) atoms. The summed E-state index contributed by atoms with van der Waals surface area (Å²) in [6, 6.07) is 7.63. The summed E-state index contributed by atoms with van der Waals surface area (Å²) in [5.41, 5.74) is 2.16. The van der Waals surface area contributed by atoms with Gasteiger partial charge in [-0.15, -0.1) is 5.10 Å². The number of likely N-dealkylation sites (tertiary alicyclic amines) is 1. The number of carbonyl (C=O) groups is 2. The highest BCUT2D eigenvalue weighted by Gasteiger charge is 2.42. The molecule has 3 heterocycles. The van der Waals surface area contributed by atoms with E-state index < -0.39 is 5.60 Å². The van der Waals surface area contributed by atoms with Crippen LogP contribution in [0.2, 0.25) is 0 Å². The Hall–Kier alpha value is -2.94. The smallest absolute Gasteiger partial charge is 0.227 e. The quantitative estimate of drug-likeness (QED) is 0.732. The molecule has 1 saturated carbocycles. The zero-order valence-electron chi connectivity index (χ0n) is 18.4. The Balaban J connectivity index is 1.22. The molecule has 5 rings (SSSR count). The zero-order chi connectivity index (χ0) is 22.1. The molecular weight excluding hydrogens is 410 g/mol. The topological polar surface area (TPSA) is 98.6 Å². The standard InChI is InChI=1S/C23H29N5O4/c1-31-18-5-2-4-16(10-18)11-21(29)27-9-3-8-23(14-27)15-28-20(13-32-23)19(25-26-28)12-24-22(30)17-6-7-17/h2,4-5,10,17H,3,6-9,11-15H2,1H3,(H,24,30). The minimum absolute atomic E-state index is 0.0915. The Kier molecular flexibility index (Phi) is 5.58. The summed E-state index contributed by atoms with van der Waals surface area (Å²) in [6.07, 6.45) is 4.06. The largest absolute Gasteiger partial charge is 0.497 e. The van der Waals surface area contributed by atoms with E-state index in [0.29, 0.717) is 32.7 Å². The maximum atomic E-state index is 13.0. The molecule has 1 saturated heterocycles. The first-order valence-electron chi connectivity index (χ1n) is 11.3. The van der Waals surface area contributed by atoms with Gasteiger partial charge in [0.15, 0.2) is 0 Å². The summed E-state index contributed by atoms with van der Waals surface area (Å²) >= 11 is 0. The van der Waals surface area contributed by atoms with Crippen LogP contribution in [-0.2, 0) is 40.4 Å². The average molecular weight is 440 g/mol. The number of methoxy groups -OCH3 is 1. The molecule has 9 nitrogen and oxygen atoms in total. The third kappa shape index (κ3) is 4.34. The van der Waals surface area contributed by atoms with Crippen molar-refractivity contribution in [2.75, 3.05) is 20.2 Å². The minimum Gasteiger partial charge on any atom is -0.497 e. The van der Waals surface area contributed by atoms with Gasteiger partial charge in [-0.25, -0.2) is 4.68 Å². The fourth-order valence-electron chi connectivity index (χ4n) is 4.62. The molecule has 2 fully saturated rings. The van der Waals surface area contributed by atoms with E-state index >= 15 is 0 Å². The van der Waals surface area contributed by atoms with Crippen LogP contribution in [0.15, 0.2) is 24.3 Å². The van der Waals surface area contributed by atoms with Crippen LogP contribution in [0.4, 0.5) is 0 Å². The van der Waals surface area contributed by atoms with Gasteiger partial charge in [0.05, 0.1) is 45.5 Å². The summed E-state index contributed by atoms with van der Waals surface area (Å²) in [7, 11) is 1.63. The van der Waals surface area contributed by atoms with Gasteiger partial charge < -0.3 is 19.7 Å². The van der Waals surface area contributed by atoms with Gasteiger partial charge in [-0.05, 0) is 43.4 Å². The fourth-order valence-corrected chi connectivity index (χ4v) is 4.62. The number of carbonyl (C=O) groups excluding carboxylic acids is 2. The molecular formula is C23H29N5O4. The van der Waals surface area contributed by atoms with Gasteiger partial charge in [0, 0.05) is 12.5 Å². The second-order valence-corrected chi connectivity index (χ2v) is 9.05. The van der Waals surface area contributed by atoms with Crippen LogP contribution in [0, 0.1) is 5.92 Å². The third-order valence-electron chi connectivity index (χ3n) is 6.63. The molecule has 1 spiro atoms. The lowest BCUT2D eigenvalue weighted by Crippen LogP contribution is -2.56. The molecule has 3 aliphatic rings. The maximum Gasteiger partial charge on any atom is 0.227 e. The van der Waals surface area contributed by atoms with E-state index in [1.807, 2.05) is 33.8 Å². The number of nitrogens with zero attached hydrogens (tertiary/aromatic N) is 4. The molecule has 2 amide bonds. The van der Waals surface area contributed by atoms with Gasteiger partial charge >= 0.3 is 0 Å². The number of aromatic nitrogens is 3. The van der Waals surface area contributed by atoms with Crippen molar-refractivity contribution in [3.63, 3.8) is 0 Å². The first-order chi connectivity index (χ1) is 15.5.